The lowest BCUT2D eigenvalue weighted by Crippen LogP contribution is -2.18. The third-order valence-corrected chi connectivity index (χ3v) is 2.62. The van der Waals surface area contributed by atoms with Gasteiger partial charge >= 0.3 is 0 Å². The maximum absolute atomic E-state index is 5.03. The summed E-state index contributed by atoms with van der Waals surface area (Å²) >= 11 is 1.82. The Morgan fingerprint density at radius 1 is 1.57 bits per heavy atom. The number of pyridine rings is 1. The first kappa shape index (κ1) is 11.2. The van der Waals surface area contributed by atoms with Crippen molar-refractivity contribution in [3.63, 3.8) is 0 Å². The second-order valence-corrected chi connectivity index (χ2v) is 3.99. The summed E-state index contributed by atoms with van der Waals surface area (Å²) < 4.78 is 5.03. The molecule has 0 aliphatic rings. The predicted octanol–water partition coefficient (Wildman–Crippen LogP) is 2.25. The molecular formula is C10H16N2OS. The number of anilines is 1. The molecule has 0 aliphatic heterocycles. The minimum Gasteiger partial charge on any atom is -0.495 e. The van der Waals surface area contributed by atoms with E-state index in [1.165, 1.54) is 0 Å². The molecule has 78 valence electrons. The van der Waals surface area contributed by atoms with Gasteiger partial charge in [-0.05, 0) is 25.3 Å². The van der Waals surface area contributed by atoms with E-state index in [2.05, 4.69) is 23.5 Å². The molecule has 1 aromatic rings. The Kier molecular flexibility index (Phi) is 4.59. The number of aromatic nitrogens is 1. The van der Waals surface area contributed by atoms with Gasteiger partial charge in [-0.1, -0.05) is 0 Å². The smallest absolute Gasteiger partial charge is 0.137 e. The minimum absolute atomic E-state index is 0.436. The number of hydrogen-bond acceptors (Lipinski definition) is 4. The van der Waals surface area contributed by atoms with Crippen LogP contribution in [-0.2, 0) is 0 Å². The Labute approximate surface area is 89.3 Å². The summed E-state index contributed by atoms with van der Waals surface area (Å²) in [5.74, 6) is 2.76. The van der Waals surface area contributed by atoms with Gasteiger partial charge in [0.1, 0.15) is 11.6 Å². The largest absolute Gasteiger partial charge is 0.495 e. The molecule has 0 saturated heterocycles. The molecule has 1 aromatic heterocycles. The molecule has 0 bridgehead atoms. The fraction of sp³-hybridized carbons (Fsp3) is 0.500. The quantitative estimate of drug-likeness (QED) is 0.811. The van der Waals surface area contributed by atoms with Gasteiger partial charge in [0.05, 0.1) is 13.3 Å². The van der Waals surface area contributed by atoms with Gasteiger partial charge in [0.15, 0.2) is 0 Å². The number of hydrogen-bond donors (Lipinski definition) is 1. The zero-order valence-electron chi connectivity index (χ0n) is 8.78. The van der Waals surface area contributed by atoms with E-state index in [4.69, 9.17) is 4.74 Å². The van der Waals surface area contributed by atoms with E-state index in [0.29, 0.717) is 6.04 Å². The lowest BCUT2D eigenvalue weighted by molar-refractivity contribution is 0.413. The Morgan fingerprint density at radius 2 is 2.36 bits per heavy atom. The second kappa shape index (κ2) is 5.75. The predicted molar refractivity (Wildman–Crippen MR) is 62.3 cm³/mol. The summed E-state index contributed by atoms with van der Waals surface area (Å²) in [6.45, 7) is 2.14. The van der Waals surface area contributed by atoms with Gasteiger partial charge in [-0.3, -0.25) is 0 Å². The van der Waals surface area contributed by atoms with Crippen LogP contribution >= 0.6 is 11.8 Å². The van der Waals surface area contributed by atoms with Gasteiger partial charge in [-0.15, -0.1) is 0 Å². The van der Waals surface area contributed by atoms with Crippen molar-refractivity contribution in [2.24, 2.45) is 0 Å². The van der Waals surface area contributed by atoms with E-state index < -0.39 is 0 Å². The average molecular weight is 212 g/mol. The number of nitrogens with zero attached hydrogens (tertiary/aromatic N) is 1. The number of thioether (sulfide) groups is 1. The van der Waals surface area contributed by atoms with Crippen molar-refractivity contribution in [3.8, 4) is 5.75 Å². The van der Waals surface area contributed by atoms with Gasteiger partial charge in [-0.25, -0.2) is 4.98 Å². The Hall–Kier alpha value is -0.900. The number of ether oxygens (including phenoxy) is 1. The number of methoxy groups -OCH3 is 1. The van der Waals surface area contributed by atoms with Crippen LogP contribution in [0.25, 0.3) is 0 Å². The minimum atomic E-state index is 0.436. The third kappa shape index (κ3) is 3.46. The zero-order chi connectivity index (χ0) is 10.4. The van der Waals surface area contributed by atoms with Crippen LogP contribution in [0.15, 0.2) is 18.3 Å². The van der Waals surface area contributed by atoms with Crippen molar-refractivity contribution in [1.29, 1.82) is 0 Å². The van der Waals surface area contributed by atoms with Crippen molar-refractivity contribution in [2.45, 2.75) is 13.0 Å². The standard InChI is InChI=1S/C10H16N2OS/c1-8(7-14-3)12-10-5-4-9(13-2)6-11-10/h4-6,8H,7H2,1-3H3,(H,11,12). The summed E-state index contributed by atoms with van der Waals surface area (Å²) in [6.07, 6.45) is 3.81. The molecule has 0 fully saturated rings. The Morgan fingerprint density at radius 3 is 2.86 bits per heavy atom. The van der Waals surface area contributed by atoms with Crippen LogP contribution in [-0.4, -0.2) is 30.1 Å². The van der Waals surface area contributed by atoms with Crippen LogP contribution in [0.4, 0.5) is 5.82 Å². The highest BCUT2D eigenvalue weighted by molar-refractivity contribution is 7.98. The van der Waals surface area contributed by atoms with Crippen LogP contribution in [0, 0.1) is 0 Å². The molecule has 1 heterocycles. The summed E-state index contributed by atoms with van der Waals surface area (Å²) in [5.41, 5.74) is 0. The first-order valence-corrected chi connectivity index (χ1v) is 5.91. The number of nitrogens with one attached hydrogen (secondary N) is 1. The molecule has 14 heavy (non-hydrogen) atoms. The third-order valence-electron chi connectivity index (χ3n) is 1.78. The van der Waals surface area contributed by atoms with Crippen LogP contribution in [0.1, 0.15) is 6.92 Å². The molecule has 0 amide bonds. The van der Waals surface area contributed by atoms with E-state index in [1.54, 1.807) is 13.3 Å². The SMILES string of the molecule is COc1ccc(NC(C)CSC)nc1. The maximum atomic E-state index is 5.03. The van der Waals surface area contributed by atoms with E-state index >= 15 is 0 Å². The molecule has 1 unspecified atom stereocenters. The molecule has 1 N–H and O–H groups in total. The second-order valence-electron chi connectivity index (χ2n) is 3.08. The molecule has 1 atom stereocenters. The molecule has 0 saturated carbocycles. The topological polar surface area (TPSA) is 34.1 Å². The summed E-state index contributed by atoms with van der Waals surface area (Å²) in [5, 5.41) is 3.31. The van der Waals surface area contributed by atoms with Crippen molar-refractivity contribution in [3.05, 3.63) is 18.3 Å². The highest BCUT2D eigenvalue weighted by Gasteiger charge is 2.01. The van der Waals surface area contributed by atoms with E-state index in [1.807, 2.05) is 23.9 Å². The first-order chi connectivity index (χ1) is 6.76. The Bertz CT molecular complexity index is 263. The summed E-state index contributed by atoms with van der Waals surface area (Å²) in [7, 11) is 1.64. The van der Waals surface area contributed by atoms with E-state index in [-0.39, 0.29) is 0 Å². The van der Waals surface area contributed by atoms with Gasteiger partial charge in [-0.2, -0.15) is 11.8 Å². The van der Waals surface area contributed by atoms with Crippen LogP contribution in [0.3, 0.4) is 0 Å². The van der Waals surface area contributed by atoms with E-state index in [9.17, 15) is 0 Å². The fourth-order valence-corrected chi connectivity index (χ4v) is 1.71. The van der Waals surface area contributed by atoms with Crippen molar-refractivity contribution < 1.29 is 4.74 Å². The lowest BCUT2D eigenvalue weighted by atomic mass is 10.3. The monoisotopic (exact) mass is 212 g/mol. The Balaban J connectivity index is 2.50. The molecule has 3 nitrogen and oxygen atoms in total. The summed E-state index contributed by atoms with van der Waals surface area (Å²) in [4.78, 5) is 4.23. The fourth-order valence-electron chi connectivity index (χ4n) is 1.13. The highest BCUT2D eigenvalue weighted by Crippen LogP contribution is 2.12. The molecular weight excluding hydrogens is 196 g/mol. The van der Waals surface area contributed by atoms with Gasteiger partial charge < -0.3 is 10.1 Å². The molecule has 4 heteroatoms. The molecule has 0 aliphatic carbocycles. The average Bonchev–Trinajstić information content (AvgIpc) is 2.19. The highest BCUT2D eigenvalue weighted by atomic mass is 32.2. The zero-order valence-corrected chi connectivity index (χ0v) is 9.60. The van der Waals surface area contributed by atoms with Crippen molar-refractivity contribution >= 4 is 17.6 Å². The molecule has 0 aromatic carbocycles. The van der Waals surface area contributed by atoms with Crippen molar-refractivity contribution in [2.75, 3.05) is 24.4 Å². The molecule has 1 rings (SSSR count). The van der Waals surface area contributed by atoms with Gasteiger partial charge in [0.25, 0.3) is 0 Å². The van der Waals surface area contributed by atoms with Crippen LogP contribution < -0.4 is 10.1 Å². The number of rotatable bonds is 5. The molecule has 0 radical (unpaired) electrons. The molecule has 0 spiro atoms. The van der Waals surface area contributed by atoms with Crippen LogP contribution in [0.5, 0.6) is 5.75 Å². The van der Waals surface area contributed by atoms with Gasteiger partial charge in [0, 0.05) is 11.8 Å². The van der Waals surface area contributed by atoms with Crippen LogP contribution in [0.2, 0.25) is 0 Å². The van der Waals surface area contributed by atoms with Crippen molar-refractivity contribution in [1.82, 2.24) is 4.98 Å². The normalized spacial score (nSPS) is 12.2. The summed E-state index contributed by atoms with van der Waals surface area (Å²) in [6, 6.07) is 4.27. The van der Waals surface area contributed by atoms with E-state index in [0.717, 1.165) is 17.3 Å². The van der Waals surface area contributed by atoms with Gasteiger partial charge in [0.2, 0.25) is 0 Å². The lowest BCUT2D eigenvalue weighted by Gasteiger charge is -2.12. The first-order valence-electron chi connectivity index (χ1n) is 4.51. The maximum Gasteiger partial charge on any atom is 0.137 e.